The first-order chi connectivity index (χ1) is 8.60. The molecule has 3 N–H and O–H groups in total. The number of nitrogen functional groups attached to an aromatic ring is 1. The molecule has 0 aliphatic heterocycles. The molecule has 94 valence electrons. The monoisotopic (exact) mass is 307 g/mol. The predicted molar refractivity (Wildman–Crippen MR) is 77.4 cm³/mol. The first-order valence-corrected chi connectivity index (χ1v) is 6.22. The van der Waals surface area contributed by atoms with Crippen LogP contribution in [0.2, 0.25) is 0 Å². The predicted octanol–water partition coefficient (Wildman–Crippen LogP) is 3.49. The maximum atomic E-state index is 5.90. The number of rotatable bonds is 3. The van der Waals surface area contributed by atoms with Gasteiger partial charge in [-0.3, -0.25) is 0 Å². The van der Waals surface area contributed by atoms with Crippen molar-refractivity contribution in [2.75, 3.05) is 18.2 Å². The van der Waals surface area contributed by atoms with Crippen molar-refractivity contribution in [1.82, 2.24) is 4.98 Å². The summed E-state index contributed by atoms with van der Waals surface area (Å²) in [6, 6.07) is 7.59. The molecule has 1 heterocycles. The zero-order valence-electron chi connectivity index (χ0n) is 10.2. The number of aryl methyl sites for hydroxylation is 1. The number of aromatic nitrogens is 1. The SMILES string of the molecule is COc1cc(Nc2ncc(C)cc2N)ccc1Br. The number of halogens is 1. The fraction of sp³-hybridized carbons (Fsp3) is 0.154. The molecule has 0 bridgehead atoms. The van der Waals surface area contributed by atoms with Crippen LogP contribution in [0.15, 0.2) is 34.9 Å². The molecule has 0 spiro atoms. The summed E-state index contributed by atoms with van der Waals surface area (Å²) in [7, 11) is 1.63. The van der Waals surface area contributed by atoms with E-state index < -0.39 is 0 Å². The van der Waals surface area contributed by atoms with E-state index in [1.54, 1.807) is 13.3 Å². The molecule has 1 aromatic heterocycles. The van der Waals surface area contributed by atoms with Crippen LogP contribution in [-0.2, 0) is 0 Å². The van der Waals surface area contributed by atoms with Crippen molar-refractivity contribution in [1.29, 1.82) is 0 Å². The molecule has 2 rings (SSSR count). The summed E-state index contributed by atoms with van der Waals surface area (Å²) in [4.78, 5) is 4.26. The second-order valence-corrected chi connectivity index (χ2v) is 4.78. The van der Waals surface area contributed by atoms with E-state index in [1.165, 1.54) is 0 Å². The standard InChI is InChI=1S/C13H14BrN3O/c1-8-5-11(15)13(16-7-8)17-9-3-4-10(14)12(6-9)18-2/h3-7H,15H2,1-2H3,(H,16,17). The van der Waals surface area contributed by atoms with E-state index in [-0.39, 0.29) is 0 Å². The van der Waals surface area contributed by atoms with Crippen molar-refractivity contribution in [3.8, 4) is 5.75 Å². The van der Waals surface area contributed by atoms with E-state index in [1.807, 2.05) is 31.2 Å². The van der Waals surface area contributed by atoms with Gasteiger partial charge in [-0.2, -0.15) is 0 Å². The Labute approximate surface area is 114 Å². The zero-order valence-corrected chi connectivity index (χ0v) is 11.8. The summed E-state index contributed by atoms with van der Waals surface area (Å²) in [5.41, 5.74) is 8.43. The van der Waals surface area contributed by atoms with E-state index in [9.17, 15) is 0 Å². The van der Waals surface area contributed by atoms with Gasteiger partial charge in [-0.25, -0.2) is 4.98 Å². The molecule has 18 heavy (non-hydrogen) atoms. The number of nitrogens with one attached hydrogen (secondary N) is 1. The van der Waals surface area contributed by atoms with Crippen LogP contribution in [0.3, 0.4) is 0 Å². The van der Waals surface area contributed by atoms with Gasteiger partial charge in [0.25, 0.3) is 0 Å². The highest BCUT2D eigenvalue weighted by molar-refractivity contribution is 9.10. The second-order valence-electron chi connectivity index (χ2n) is 3.92. The van der Waals surface area contributed by atoms with Gasteiger partial charge >= 0.3 is 0 Å². The average Bonchev–Trinajstić information content (AvgIpc) is 2.35. The lowest BCUT2D eigenvalue weighted by molar-refractivity contribution is 0.412. The van der Waals surface area contributed by atoms with Gasteiger partial charge in [0, 0.05) is 18.0 Å². The highest BCUT2D eigenvalue weighted by atomic mass is 79.9. The minimum Gasteiger partial charge on any atom is -0.495 e. The van der Waals surface area contributed by atoms with Gasteiger partial charge in [0.05, 0.1) is 17.3 Å². The molecule has 1 aromatic carbocycles. The van der Waals surface area contributed by atoms with Gasteiger partial charge < -0.3 is 15.8 Å². The number of methoxy groups -OCH3 is 1. The normalized spacial score (nSPS) is 10.2. The number of benzene rings is 1. The van der Waals surface area contributed by atoms with Crippen LogP contribution < -0.4 is 15.8 Å². The molecule has 0 saturated carbocycles. The Bertz CT molecular complexity index is 572. The quantitative estimate of drug-likeness (QED) is 0.911. The molecule has 0 fully saturated rings. The van der Waals surface area contributed by atoms with E-state index in [0.29, 0.717) is 11.5 Å². The molecule has 5 heteroatoms. The van der Waals surface area contributed by atoms with Gasteiger partial charge in [0.15, 0.2) is 5.82 Å². The van der Waals surface area contributed by atoms with Gasteiger partial charge in [-0.05, 0) is 46.6 Å². The Balaban J connectivity index is 2.28. The van der Waals surface area contributed by atoms with Crippen molar-refractivity contribution in [2.24, 2.45) is 0 Å². The number of ether oxygens (including phenoxy) is 1. The van der Waals surface area contributed by atoms with E-state index in [4.69, 9.17) is 10.5 Å². The van der Waals surface area contributed by atoms with Gasteiger partial charge in [-0.1, -0.05) is 0 Å². The Kier molecular flexibility index (Phi) is 3.72. The van der Waals surface area contributed by atoms with Crippen LogP contribution in [0.25, 0.3) is 0 Å². The van der Waals surface area contributed by atoms with Crippen molar-refractivity contribution in [3.63, 3.8) is 0 Å². The van der Waals surface area contributed by atoms with Crippen molar-refractivity contribution >= 4 is 33.1 Å². The lowest BCUT2D eigenvalue weighted by atomic mass is 10.2. The Hall–Kier alpha value is -1.75. The Morgan fingerprint density at radius 1 is 1.33 bits per heavy atom. The third-order valence-corrected chi connectivity index (χ3v) is 3.12. The lowest BCUT2D eigenvalue weighted by Crippen LogP contribution is -2.00. The van der Waals surface area contributed by atoms with Crippen molar-refractivity contribution < 1.29 is 4.74 Å². The van der Waals surface area contributed by atoms with E-state index in [2.05, 4.69) is 26.2 Å². The van der Waals surface area contributed by atoms with Crippen LogP contribution in [0, 0.1) is 6.92 Å². The first kappa shape index (κ1) is 12.7. The molecule has 4 nitrogen and oxygen atoms in total. The minimum atomic E-state index is 0.622. The third-order valence-electron chi connectivity index (χ3n) is 2.47. The fourth-order valence-corrected chi connectivity index (χ4v) is 1.98. The zero-order chi connectivity index (χ0) is 13.1. The van der Waals surface area contributed by atoms with Gasteiger partial charge in [-0.15, -0.1) is 0 Å². The topological polar surface area (TPSA) is 60.2 Å². The van der Waals surface area contributed by atoms with E-state index in [0.717, 1.165) is 21.5 Å². The summed E-state index contributed by atoms with van der Waals surface area (Å²) < 4.78 is 6.14. The third kappa shape index (κ3) is 2.73. The number of anilines is 3. The van der Waals surface area contributed by atoms with Gasteiger partial charge in [0.2, 0.25) is 0 Å². The van der Waals surface area contributed by atoms with Crippen LogP contribution in [0.1, 0.15) is 5.56 Å². The molecule has 0 radical (unpaired) electrons. The number of nitrogens with zero attached hydrogens (tertiary/aromatic N) is 1. The summed E-state index contributed by atoms with van der Waals surface area (Å²) in [5.74, 6) is 1.40. The molecular weight excluding hydrogens is 294 g/mol. The van der Waals surface area contributed by atoms with Crippen LogP contribution in [0.5, 0.6) is 5.75 Å². The molecule has 0 saturated heterocycles. The summed E-state index contributed by atoms with van der Waals surface area (Å²) >= 11 is 3.41. The van der Waals surface area contributed by atoms with E-state index >= 15 is 0 Å². The van der Waals surface area contributed by atoms with Crippen LogP contribution in [-0.4, -0.2) is 12.1 Å². The number of hydrogen-bond acceptors (Lipinski definition) is 4. The Morgan fingerprint density at radius 3 is 2.78 bits per heavy atom. The molecular formula is C13H14BrN3O. The summed E-state index contributed by atoms with van der Waals surface area (Å²) in [6.45, 7) is 1.95. The smallest absolute Gasteiger partial charge is 0.153 e. The highest BCUT2D eigenvalue weighted by Crippen LogP contribution is 2.30. The molecule has 0 unspecified atom stereocenters. The summed E-state index contributed by atoms with van der Waals surface area (Å²) in [5, 5.41) is 3.16. The van der Waals surface area contributed by atoms with Gasteiger partial charge in [0.1, 0.15) is 5.75 Å². The largest absolute Gasteiger partial charge is 0.495 e. The first-order valence-electron chi connectivity index (χ1n) is 5.43. The second kappa shape index (κ2) is 5.27. The number of hydrogen-bond donors (Lipinski definition) is 2. The van der Waals surface area contributed by atoms with Crippen molar-refractivity contribution in [2.45, 2.75) is 6.92 Å². The molecule has 0 aliphatic rings. The van der Waals surface area contributed by atoms with Crippen LogP contribution in [0.4, 0.5) is 17.2 Å². The minimum absolute atomic E-state index is 0.622. The summed E-state index contributed by atoms with van der Waals surface area (Å²) in [6.07, 6.45) is 1.77. The van der Waals surface area contributed by atoms with Crippen molar-refractivity contribution in [3.05, 3.63) is 40.5 Å². The maximum absolute atomic E-state index is 5.90. The molecule has 2 aromatic rings. The fourth-order valence-electron chi connectivity index (χ4n) is 1.57. The Morgan fingerprint density at radius 2 is 2.11 bits per heavy atom. The number of pyridine rings is 1. The molecule has 0 amide bonds. The lowest BCUT2D eigenvalue weighted by Gasteiger charge is -2.10. The number of nitrogens with two attached hydrogens (primary N) is 1. The highest BCUT2D eigenvalue weighted by Gasteiger charge is 2.05. The molecule has 0 aliphatic carbocycles. The molecule has 0 atom stereocenters. The van der Waals surface area contributed by atoms with Crippen LogP contribution >= 0.6 is 15.9 Å². The maximum Gasteiger partial charge on any atom is 0.153 e. The average molecular weight is 308 g/mol.